The van der Waals surface area contributed by atoms with Crippen LogP contribution in [0.1, 0.15) is 87.6 Å². The Balaban J connectivity index is 1.74. The smallest absolute Gasteiger partial charge is 0.268 e. The molecule has 1 saturated carbocycles. The molecule has 7 nitrogen and oxygen atoms in total. The number of rotatable bonds is 6. The molecule has 0 aromatic carbocycles. The third-order valence-electron chi connectivity index (χ3n) is 7.07. The van der Waals surface area contributed by atoms with Crippen molar-refractivity contribution in [3.05, 3.63) is 23.1 Å². The summed E-state index contributed by atoms with van der Waals surface area (Å²) in [5.41, 5.74) is 2.79. The second-order valence-electron chi connectivity index (χ2n) is 10.7. The number of hydrogen-bond donors (Lipinski definition) is 2. The van der Waals surface area contributed by atoms with Crippen LogP contribution in [0.5, 0.6) is 0 Å². The van der Waals surface area contributed by atoms with Gasteiger partial charge < -0.3 is 14.6 Å². The number of nitrogens with one attached hydrogen (secondary N) is 1. The molecular formula is C25H37N3O4S2. The number of carbonyl (C=O) groups excluding carboxylic acids is 1. The number of amides is 1. The van der Waals surface area contributed by atoms with Gasteiger partial charge in [-0.2, -0.15) is 0 Å². The van der Waals surface area contributed by atoms with Gasteiger partial charge in [-0.3, -0.25) is 4.79 Å². The van der Waals surface area contributed by atoms with Gasteiger partial charge in [0.1, 0.15) is 14.9 Å². The molecule has 1 aliphatic carbocycles. The zero-order valence-corrected chi connectivity index (χ0v) is 22.4. The number of hydrogen-bond acceptors (Lipinski definition) is 6. The molecule has 2 aliphatic rings. The lowest BCUT2D eigenvalue weighted by Crippen LogP contribution is -2.39. The van der Waals surface area contributed by atoms with Crippen LogP contribution in [0.3, 0.4) is 0 Å². The number of carbonyl (C=O) groups is 1. The molecule has 1 saturated heterocycles. The Morgan fingerprint density at radius 2 is 1.85 bits per heavy atom. The van der Waals surface area contributed by atoms with Gasteiger partial charge in [0.15, 0.2) is 10.7 Å². The molecule has 0 unspecified atom stereocenters. The minimum absolute atomic E-state index is 0.0896. The molecule has 1 N–H and O–H groups in total. The first-order valence-corrected chi connectivity index (χ1v) is 14.4. The van der Waals surface area contributed by atoms with E-state index in [2.05, 4.69) is 5.32 Å². The van der Waals surface area contributed by atoms with Crippen LogP contribution >= 0.6 is 11.3 Å². The Hall–Kier alpha value is -1.71. The van der Waals surface area contributed by atoms with E-state index in [1.54, 1.807) is 0 Å². The third-order valence-corrected chi connectivity index (χ3v) is 9.23. The van der Waals surface area contributed by atoms with E-state index in [9.17, 15) is 13.2 Å². The van der Waals surface area contributed by atoms with Gasteiger partial charge in [0.05, 0.1) is 5.69 Å². The van der Waals surface area contributed by atoms with E-state index in [0.717, 1.165) is 30.5 Å². The van der Waals surface area contributed by atoms with Crippen molar-refractivity contribution in [3.63, 3.8) is 0 Å². The van der Waals surface area contributed by atoms with Crippen molar-refractivity contribution in [1.82, 2.24) is 14.9 Å². The summed E-state index contributed by atoms with van der Waals surface area (Å²) < 4.78 is 31.8. The average molecular weight is 508 g/mol. The molecule has 34 heavy (non-hydrogen) atoms. The Labute approximate surface area is 208 Å². The minimum atomic E-state index is -2.74. The van der Waals surface area contributed by atoms with Crippen molar-refractivity contribution < 1.29 is 17.9 Å². The summed E-state index contributed by atoms with van der Waals surface area (Å²) in [7, 11) is -0.791. The van der Waals surface area contributed by atoms with E-state index in [-0.39, 0.29) is 17.4 Å². The summed E-state index contributed by atoms with van der Waals surface area (Å²) in [5, 5.41) is 3.86. The van der Waals surface area contributed by atoms with Crippen molar-refractivity contribution in [3.8, 4) is 10.6 Å². The van der Waals surface area contributed by atoms with Gasteiger partial charge in [-0.05, 0) is 31.2 Å². The molecule has 2 aromatic rings. The monoisotopic (exact) mass is 507 g/mol. The highest BCUT2D eigenvalue weighted by Gasteiger charge is 2.29. The lowest BCUT2D eigenvalue weighted by Gasteiger charge is -2.24. The molecule has 3 heterocycles. The molecule has 0 atom stereocenters. The fraction of sp³-hybridized carbons (Fsp3) is 0.680. The first-order chi connectivity index (χ1) is 16.1. The molecule has 2 fully saturated rings. The quantitative estimate of drug-likeness (QED) is 0.564. The summed E-state index contributed by atoms with van der Waals surface area (Å²) in [5.74, 6) is 0.485. The molecule has 0 spiro atoms. The largest absolute Gasteiger partial charge is 0.381 e. The van der Waals surface area contributed by atoms with E-state index in [1.807, 2.05) is 38.5 Å². The highest BCUT2D eigenvalue weighted by molar-refractivity contribution is 7.75. The van der Waals surface area contributed by atoms with Gasteiger partial charge in [-0.1, -0.05) is 52.9 Å². The molecule has 9 heteroatoms. The summed E-state index contributed by atoms with van der Waals surface area (Å²) in [6.45, 7) is 7.28. The molecular weight excluding hydrogens is 470 g/mol. The number of thiol groups is 1. The van der Waals surface area contributed by atoms with Crippen LogP contribution in [0.2, 0.25) is 0 Å². The van der Waals surface area contributed by atoms with Gasteiger partial charge in [-0.25, -0.2) is 13.4 Å². The molecule has 4 rings (SSSR count). The zero-order valence-electron chi connectivity index (χ0n) is 20.7. The van der Waals surface area contributed by atoms with E-state index in [4.69, 9.17) is 9.72 Å². The van der Waals surface area contributed by atoms with Gasteiger partial charge in [-0.15, -0.1) is 11.3 Å². The fourth-order valence-electron chi connectivity index (χ4n) is 5.10. The summed E-state index contributed by atoms with van der Waals surface area (Å²) in [6, 6.07) is 2.03. The Morgan fingerprint density at radius 3 is 2.44 bits per heavy atom. The minimum Gasteiger partial charge on any atom is -0.381 e. The second kappa shape index (κ2) is 10.5. The lowest BCUT2D eigenvalue weighted by molar-refractivity contribution is 0.0692. The molecule has 188 valence electrons. The van der Waals surface area contributed by atoms with Crippen molar-refractivity contribution >= 4 is 27.9 Å². The average Bonchev–Trinajstić information content (AvgIpc) is 3.38. The van der Waals surface area contributed by atoms with E-state index in [1.165, 1.54) is 43.4 Å². The molecule has 0 bridgehead atoms. The maximum Gasteiger partial charge on any atom is 0.268 e. The Kier molecular flexibility index (Phi) is 7.84. The van der Waals surface area contributed by atoms with Gasteiger partial charge >= 0.3 is 0 Å². The van der Waals surface area contributed by atoms with E-state index < -0.39 is 10.7 Å². The standard InChI is InChI=1S/C25H37N3O4S2/c1-25(2,3)21-24(34(30)31)33-23(27-21)18-15-20(22(29)26-17-10-12-32-13-11-17)28(4)19(18)14-16-8-6-5-7-9-16/h15-17,34H,5-14H2,1-4H3,(H,26,29). The second-order valence-corrected chi connectivity index (χ2v) is 13.0. The predicted octanol–water partition coefficient (Wildman–Crippen LogP) is 4.45. The van der Waals surface area contributed by atoms with Crippen molar-refractivity contribution in [1.29, 1.82) is 0 Å². The summed E-state index contributed by atoms with van der Waals surface area (Å²) >= 11 is 1.22. The van der Waals surface area contributed by atoms with E-state index in [0.29, 0.717) is 39.7 Å². The third kappa shape index (κ3) is 5.57. The molecule has 1 aliphatic heterocycles. The van der Waals surface area contributed by atoms with E-state index >= 15 is 0 Å². The first kappa shape index (κ1) is 25.4. The van der Waals surface area contributed by atoms with Crippen molar-refractivity contribution in [2.75, 3.05) is 13.2 Å². The normalized spacial score (nSPS) is 18.5. The summed E-state index contributed by atoms with van der Waals surface area (Å²) in [4.78, 5) is 18.1. The number of thiazole rings is 1. The van der Waals surface area contributed by atoms with Crippen LogP contribution in [0, 0.1) is 5.92 Å². The van der Waals surface area contributed by atoms with Crippen LogP contribution in [0.15, 0.2) is 10.3 Å². The van der Waals surface area contributed by atoms with Gasteiger partial charge in [0.2, 0.25) is 0 Å². The van der Waals surface area contributed by atoms with Crippen LogP contribution < -0.4 is 5.32 Å². The van der Waals surface area contributed by atoms with Crippen LogP contribution in [-0.4, -0.2) is 43.1 Å². The zero-order chi connectivity index (χ0) is 24.5. The van der Waals surface area contributed by atoms with Crippen LogP contribution in [0.25, 0.3) is 10.6 Å². The summed E-state index contributed by atoms with van der Waals surface area (Å²) in [6.07, 6.45) is 8.67. The maximum atomic E-state index is 13.3. The number of aromatic nitrogens is 2. The fourth-order valence-corrected chi connectivity index (χ4v) is 7.27. The maximum absolute atomic E-state index is 13.3. The van der Waals surface area contributed by atoms with Gasteiger partial charge in [0.25, 0.3) is 5.91 Å². The van der Waals surface area contributed by atoms with Crippen molar-refractivity contribution in [2.24, 2.45) is 13.0 Å². The number of ether oxygens (including phenoxy) is 1. The topological polar surface area (TPSA) is 90.3 Å². The van der Waals surface area contributed by atoms with Gasteiger partial charge in [0, 0.05) is 43.0 Å². The first-order valence-electron chi connectivity index (χ1n) is 12.4. The molecule has 2 aromatic heterocycles. The number of nitrogens with zero attached hydrogens (tertiary/aromatic N) is 2. The lowest BCUT2D eigenvalue weighted by atomic mass is 9.85. The molecule has 0 radical (unpaired) electrons. The highest BCUT2D eigenvalue weighted by atomic mass is 32.2. The predicted molar refractivity (Wildman–Crippen MR) is 135 cm³/mol. The Morgan fingerprint density at radius 1 is 1.18 bits per heavy atom. The molecule has 1 amide bonds. The van der Waals surface area contributed by atoms with Crippen LogP contribution in [-0.2, 0) is 34.3 Å². The van der Waals surface area contributed by atoms with Crippen LogP contribution in [0.4, 0.5) is 0 Å². The Bertz CT molecular complexity index is 1090. The van der Waals surface area contributed by atoms with Crippen molar-refractivity contribution in [2.45, 2.75) is 87.8 Å². The SMILES string of the molecule is Cn1c(C(=O)NC2CCOCC2)cc(-c2nc(C(C)(C)C)c([SH](=O)=O)s2)c1CC1CCCCC1. The highest BCUT2D eigenvalue weighted by Crippen LogP contribution is 2.39.